The van der Waals surface area contributed by atoms with E-state index < -0.39 is 0 Å². The highest BCUT2D eigenvalue weighted by atomic mass is 32.2. The SMILES string of the molecule is Cc1nnc(Sc2cc([C@@H](C)N)ccn2)o1. The summed E-state index contributed by atoms with van der Waals surface area (Å²) in [4.78, 5) is 4.21. The van der Waals surface area contributed by atoms with Crippen LogP contribution >= 0.6 is 11.8 Å². The normalized spacial score (nSPS) is 12.7. The lowest BCUT2D eigenvalue weighted by atomic mass is 10.1. The number of pyridine rings is 1. The zero-order chi connectivity index (χ0) is 11.5. The average Bonchev–Trinajstić information content (AvgIpc) is 2.64. The number of rotatable bonds is 3. The molecule has 5 nitrogen and oxygen atoms in total. The van der Waals surface area contributed by atoms with E-state index in [1.165, 1.54) is 11.8 Å². The lowest BCUT2D eigenvalue weighted by Gasteiger charge is -2.05. The van der Waals surface area contributed by atoms with E-state index in [-0.39, 0.29) is 6.04 Å². The van der Waals surface area contributed by atoms with Gasteiger partial charge in [0.05, 0.1) is 0 Å². The van der Waals surface area contributed by atoms with Gasteiger partial charge in [0, 0.05) is 19.2 Å². The van der Waals surface area contributed by atoms with Crippen LogP contribution in [-0.4, -0.2) is 15.2 Å². The quantitative estimate of drug-likeness (QED) is 0.877. The molecular formula is C10H12N4OS. The lowest BCUT2D eigenvalue weighted by Crippen LogP contribution is -2.04. The van der Waals surface area contributed by atoms with Crippen molar-refractivity contribution in [3.8, 4) is 0 Å². The van der Waals surface area contributed by atoms with Crippen molar-refractivity contribution in [2.45, 2.75) is 30.1 Å². The van der Waals surface area contributed by atoms with E-state index in [9.17, 15) is 0 Å². The summed E-state index contributed by atoms with van der Waals surface area (Å²) in [6, 6.07) is 3.81. The van der Waals surface area contributed by atoms with Crippen LogP contribution in [0, 0.1) is 6.92 Å². The third kappa shape index (κ3) is 2.59. The second-order valence-corrected chi connectivity index (χ2v) is 4.38. The van der Waals surface area contributed by atoms with Crippen molar-refractivity contribution in [2.75, 3.05) is 0 Å². The van der Waals surface area contributed by atoms with Gasteiger partial charge in [-0.2, -0.15) is 0 Å². The van der Waals surface area contributed by atoms with Gasteiger partial charge >= 0.3 is 0 Å². The molecule has 0 fully saturated rings. The first-order valence-electron chi connectivity index (χ1n) is 4.84. The molecule has 2 rings (SSSR count). The van der Waals surface area contributed by atoms with Gasteiger partial charge in [0.25, 0.3) is 5.22 Å². The van der Waals surface area contributed by atoms with Crippen LogP contribution in [0.5, 0.6) is 0 Å². The summed E-state index contributed by atoms with van der Waals surface area (Å²) in [5, 5.41) is 8.94. The van der Waals surface area contributed by atoms with Crippen LogP contribution in [0.4, 0.5) is 0 Å². The molecule has 0 saturated carbocycles. The van der Waals surface area contributed by atoms with Crippen LogP contribution < -0.4 is 5.73 Å². The molecule has 0 spiro atoms. The van der Waals surface area contributed by atoms with Gasteiger partial charge in [-0.3, -0.25) is 0 Å². The van der Waals surface area contributed by atoms with Crippen molar-refractivity contribution in [3.63, 3.8) is 0 Å². The lowest BCUT2D eigenvalue weighted by molar-refractivity contribution is 0.429. The van der Waals surface area contributed by atoms with Crippen LogP contribution in [0.2, 0.25) is 0 Å². The summed E-state index contributed by atoms with van der Waals surface area (Å²) in [5.74, 6) is 0.547. The predicted octanol–water partition coefficient (Wildman–Crippen LogP) is 1.94. The fraction of sp³-hybridized carbons (Fsp3) is 0.300. The van der Waals surface area contributed by atoms with Gasteiger partial charge in [-0.25, -0.2) is 4.98 Å². The highest BCUT2D eigenvalue weighted by Crippen LogP contribution is 2.25. The molecule has 84 valence electrons. The Morgan fingerprint density at radius 3 is 2.88 bits per heavy atom. The molecular weight excluding hydrogens is 224 g/mol. The minimum atomic E-state index is -0.00762. The fourth-order valence-electron chi connectivity index (χ4n) is 1.17. The Morgan fingerprint density at radius 2 is 2.25 bits per heavy atom. The molecule has 0 aliphatic heterocycles. The van der Waals surface area contributed by atoms with Crippen molar-refractivity contribution < 1.29 is 4.42 Å². The molecule has 0 saturated heterocycles. The van der Waals surface area contributed by atoms with E-state index in [4.69, 9.17) is 10.2 Å². The standard InChI is InChI=1S/C10H12N4OS/c1-6(11)8-3-4-12-9(5-8)16-10-14-13-7(2)15-10/h3-6H,11H2,1-2H3/t6-/m1/s1. The molecule has 2 aromatic rings. The van der Waals surface area contributed by atoms with Crippen molar-refractivity contribution in [1.82, 2.24) is 15.2 Å². The van der Waals surface area contributed by atoms with E-state index in [1.807, 2.05) is 19.1 Å². The third-order valence-corrected chi connectivity index (χ3v) is 2.76. The van der Waals surface area contributed by atoms with Crippen LogP contribution in [0.3, 0.4) is 0 Å². The van der Waals surface area contributed by atoms with Gasteiger partial charge in [-0.05, 0) is 36.4 Å². The molecule has 0 aromatic carbocycles. The number of nitrogens with two attached hydrogens (primary N) is 1. The minimum absolute atomic E-state index is 0.00762. The molecule has 0 aliphatic rings. The Kier molecular flexibility index (Phi) is 3.21. The Balaban J connectivity index is 2.18. The molecule has 2 N–H and O–H groups in total. The minimum Gasteiger partial charge on any atom is -0.416 e. The first-order chi connectivity index (χ1) is 7.65. The Hall–Kier alpha value is -1.40. The van der Waals surface area contributed by atoms with Crippen molar-refractivity contribution in [1.29, 1.82) is 0 Å². The van der Waals surface area contributed by atoms with Gasteiger partial charge in [0.2, 0.25) is 5.89 Å². The smallest absolute Gasteiger partial charge is 0.282 e. The van der Waals surface area contributed by atoms with Crippen molar-refractivity contribution in [2.24, 2.45) is 5.73 Å². The number of aromatic nitrogens is 3. The first-order valence-corrected chi connectivity index (χ1v) is 5.66. The van der Waals surface area contributed by atoms with Gasteiger partial charge in [-0.1, -0.05) is 0 Å². The molecule has 0 radical (unpaired) electrons. The van der Waals surface area contributed by atoms with Gasteiger partial charge < -0.3 is 10.2 Å². The molecule has 1 atom stereocenters. The first kappa shape index (κ1) is 11.1. The monoisotopic (exact) mass is 236 g/mol. The average molecular weight is 236 g/mol. The summed E-state index contributed by atoms with van der Waals surface area (Å²) in [7, 11) is 0. The van der Waals surface area contributed by atoms with Crippen LogP contribution in [0.15, 0.2) is 33.0 Å². The second-order valence-electron chi connectivity index (χ2n) is 3.41. The molecule has 2 heterocycles. The fourth-order valence-corrected chi connectivity index (χ4v) is 1.90. The van der Waals surface area contributed by atoms with E-state index in [2.05, 4.69) is 15.2 Å². The highest BCUT2D eigenvalue weighted by Gasteiger charge is 2.07. The zero-order valence-electron chi connectivity index (χ0n) is 9.04. The Bertz CT molecular complexity index is 483. The van der Waals surface area contributed by atoms with E-state index >= 15 is 0 Å². The number of hydrogen-bond acceptors (Lipinski definition) is 6. The molecule has 0 bridgehead atoms. The van der Waals surface area contributed by atoms with Gasteiger partial charge in [0.15, 0.2) is 0 Å². The number of hydrogen-bond donors (Lipinski definition) is 1. The van der Waals surface area contributed by atoms with E-state index in [0.717, 1.165) is 10.6 Å². The predicted molar refractivity (Wildman–Crippen MR) is 60.0 cm³/mol. The molecule has 0 amide bonds. The molecule has 2 aromatic heterocycles. The second kappa shape index (κ2) is 4.63. The number of nitrogens with zero attached hydrogens (tertiary/aromatic N) is 3. The maximum absolute atomic E-state index is 5.79. The van der Waals surface area contributed by atoms with Crippen LogP contribution in [0.1, 0.15) is 24.4 Å². The summed E-state index contributed by atoms with van der Waals surface area (Å²) >= 11 is 1.33. The molecule has 16 heavy (non-hydrogen) atoms. The Labute approximate surface area is 97.5 Å². The van der Waals surface area contributed by atoms with Gasteiger partial charge in [-0.15, -0.1) is 10.2 Å². The Morgan fingerprint density at radius 1 is 1.44 bits per heavy atom. The van der Waals surface area contributed by atoms with E-state index in [1.54, 1.807) is 13.1 Å². The van der Waals surface area contributed by atoms with E-state index in [0.29, 0.717) is 11.1 Å². The largest absolute Gasteiger partial charge is 0.416 e. The summed E-state index contributed by atoms with van der Waals surface area (Å²) in [5.41, 5.74) is 6.83. The molecule has 0 unspecified atom stereocenters. The summed E-state index contributed by atoms with van der Waals surface area (Å²) in [6.07, 6.45) is 1.73. The maximum Gasteiger partial charge on any atom is 0.282 e. The third-order valence-electron chi connectivity index (χ3n) is 1.98. The molecule has 6 heteroatoms. The zero-order valence-corrected chi connectivity index (χ0v) is 9.86. The summed E-state index contributed by atoms with van der Waals surface area (Å²) in [6.45, 7) is 3.68. The van der Waals surface area contributed by atoms with Gasteiger partial charge in [0.1, 0.15) is 5.03 Å². The van der Waals surface area contributed by atoms with Crippen molar-refractivity contribution >= 4 is 11.8 Å². The summed E-state index contributed by atoms with van der Waals surface area (Å²) < 4.78 is 5.26. The van der Waals surface area contributed by atoms with Crippen molar-refractivity contribution in [3.05, 3.63) is 29.8 Å². The number of aryl methyl sites for hydroxylation is 1. The van der Waals surface area contributed by atoms with Crippen LogP contribution in [-0.2, 0) is 0 Å². The molecule has 0 aliphatic carbocycles. The van der Waals surface area contributed by atoms with Crippen LogP contribution in [0.25, 0.3) is 0 Å². The maximum atomic E-state index is 5.79. The topological polar surface area (TPSA) is 77.8 Å². The highest BCUT2D eigenvalue weighted by molar-refractivity contribution is 7.99.